The monoisotopic (exact) mass is 410 g/mol. The quantitative estimate of drug-likeness (QED) is 0.444. The van der Waals surface area contributed by atoms with Crippen LogP contribution in [0.5, 0.6) is 0 Å². The number of pyridine rings is 1. The van der Waals surface area contributed by atoms with Crippen LogP contribution in [-0.2, 0) is 0 Å². The second-order valence-electron chi connectivity index (χ2n) is 7.51. The summed E-state index contributed by atoms with van der Waals surface area (Å²) in [6.07, 6.45) is 3.85. The molecule has 0 radical (unpaired) electrons. The second-order valence-corrected chi connectivity index (χ2v) is 7.51. The third-order valence-electron chi connectivity index (χ3n) is 5.60. The lowest BCUT2D eigenvalue weighted by Gasteiger charge is -2.23. The van der Waals surface area contributed by atoms with Crippen molar-refractivity contribution < 1.29 is 0 Å². The van der Waals surface area contributed by atoms with E-state index in [1.54, 1.807) is 6.33 Å². The number of para-hydroxylation sites is 1. The average molecular weight is 410 g/mol. The molecule has 0 saturated carbocycles. The smallest absolute Gasteiger partial charge is 0.263 e. The fourth-order valence-electron chi connectivity index (χ4n) is 4.08. The lowest BCUT2D eigenvalue weighted by atomic mass is 10.0. The van der Waals surface area contributed by atoms with Gasteiger partial charge in [0.05, 0.1) is 17.8 Å². The van der Waals surface area contributed by atoms with Gasteiger partial charge >= 0.3 is 0 Å². The SMILES string of the molecule is CC[C@H](Nc1ncnc2nc[nH]c12)c1cc2cccc(C)c2c(=O)n1-c1ccccc1. The molecule has 0 aliphatic heterocycles. The van der Waals surface area contributed by atoms with Crippen molar-refractivity contribution in [2.45, 2.75) is 26.3 Å². The Bertz CT molecular complexity index is 1440. The van der Waals surface area contributed by atoms with Crippen LogP contribution in [0.4, 0.5) is 5.82 Å². The lowest BCUT2D eigenvalue weighted by molar-refractivity contribution is 0.689. The number of H-pyrrole nitrogens is 1. The van der Waals surface area contributed by atoms with E-state index in [4.69, 9.17) is 0 Å². The highest BCUT2D eigenvalue weighted by Gasteiger charge is 2.20. The highest BCUT2D eigenvalue weighted by molar-refractivity contribution is 5.86. The first kappa shape index (κ1) is 19.0. The molecule has 3 heterocycles. The number of nitrogens with zero attached hydrogens (tertiary/aromatic N) is 4. The first-order chi connectivity index (χ1) is 15.2. The van der Waals surface area contributed by atoms with E-state index in [-0.39, 0.29) is 11.6 Å². The Labute approximate surface area is 178 Å². The molecule has 0 fully saturated rings. The number of aryl methyl sites for hydroxylation is 1. The van der Waals surface area contributed by atoms with Gasteiger partial charge in [0.25, 0.3) is 5.56 Å². The average Bonchev–Trinajstić information content (AvgIpc) is 3.27. The van der Waals surface area contributed by atoms with Crippen molar-refractivity contribution in [1.29, 1.82) is 0 Å². The number of hydrogen-bond donors (Lipinski definition) is 2. The summed E-state index contributed by atoms with van der Waals surface area (Å²) in [5.41, 5.74) is 4.00. The maximum atomic E-state index is 13.7. The summed E-state index contributed by atoms with van der Waals surface area (Å²) >= 11 is 0. The van der Waals surface area contributed by atoms with E-state index in [9.17, 15) is 4.79 Å². The number of hydrogen-bond acceptors (Lipinski definition) is 5. The Morgan fingerprint density at radius 1 is 1.06 bits per heavy atom. The van der Waals surface area contributed by atoms with Crippen molar-refractivity contribution in [3.63, 3.8) is 0 Å². The second kappa shape index (κ2) is 7.68. The summed E-state index contributed by atoms with van der Waals surface area (Å²) in [7, 11) is 0. The van der Waals surface area contributed by atoms with E-state index in [0.29, 0.717) is 11.5 Å². The van der Waals surface area contributed by atoms with Gasteiger partial charge in [0.1, 0.15) is 11.8 Å². The zero-order chi connectivity index (χ0) is 21.4. The van der Waals surface area contributed by atoms with Crippen molar-refractivity contribution in [3.05, 3.63) is 88.9 Å². The maximum absolute atomic E-state index is 13.7. The minimum absolute atomic E-state index is 0.0218. The Kier molecular flexibility index (Phi) is 4.71. The van der Waals surface area contributed by atoms with Gasteiger partial charge in [0.15, 0.2) is 11.5 Å². The molecule has 0 aliphatic rings. The van der Waals surface area contributed by atoms with Gasteiger partial charge in [-0.15, -0.1) is 0 Å². The number of aromatic nitrogens is 5. The normalized spacial score (nSPS) is 12.3. The van der Waals surface area contributed by atoms with Crippen LogP contribution < -0.4 is 10.9 Å². The first-order valence-electron chi connectivity index (χ1n) is 10.3. The summed E-state index contributed by atoms with van der Waals surface area (Å²) in [6.45, 7) is 4.06. The largest absolute Gasteiger partial charge is 0.360 e. The van der Waals surface area contributed by atoms with Gasteiger partial charge < -0.3 is 10.3 Å². The molecule has 1 atom stereocenters. The summed E-state index contributed by atoms with van der Waals surface area (Å²) in [5.74, 6) is 0.658. The molecule has 0 bridgehead atoms. The topological polar surface area (TPSA) is 88.5 Å². The Balaban J connectivity index is 1.74. The minimum Gasteiger partial charge on any atom is -0.360 e. The zero-order valence-corrected chi connectivity index (χ0v) is 17.3. The molecule has 0 amide bonds. The predicted octanol–water partition coefficient (Wildman–Crippen LogP) is 4.53. The molecule has 5 rings (SSSR count). The fraction of sp³-hybridized carbons (Fsp3) is 0.167. The summed E-state index contributed by atoms with van der Waals surface area (Å²) in [4.78, 5) is 29.6. The van der Waals surface area contributed by atoms with Gasteiger partial charge in [-0.2, -0.15) is 0 Å². The molecule has 3 aromatic heterocycles. The van der Waals surface area contributed by atoms with E-state index in [0.717, 1.165) is 39.7 Å². The van der Waals surface area contributed by atoms with Crippen LogP contribution in [0.3, 0.4) is 0 Å². The molecule has 0 aliphatic carbocycles. The number of rotatable bonds is 5. The van der Waals surface area contributed by atoms with Crippen LogP contribution >= 0.6 is 0 Å². The van der Waals surface area contributed by atoms with E-state index in [1.807, 2.05) is 60.0 Å². The first-order valence-corrected chi connectivity index (χ1v) is 10.3. The summed E-state index contributed by atoms with van der Waals surface area (Å²) in [5, 5.41) is 5.18. The van der Waals surface area contributed by atoms with Crippen LogP contribution in [0.15, 0.2) is 72.0 Å². The number of nitrogens with one attached hydrogen (secondary N) is 2. The van der Waals surface area contributed by atoms with Gasteiger partial charge in [-0.3, -0.25) is 9.36 Å². The predicted molar refractivity (Wildman–Crippen MR) is 123 cm³/mol. The van der Waals surface area contributed by atoms with E-state index in [2.05, 4.69) is 38.2 Å². The number of fused-ring (bicyclic) bond motifs is 2. The lowest BCUT2D eigenvalue weighted by Crippen LogP contribution is -2.27. The van der Waals surface area contributed by atoms with Crippen LogP contribution in [0.25, 0.3) is 27.6 Å². The van der Waals surface area contributed by atoms with Crippen molar-refractivity contribution in [3.8, 4) is 5.69 Å². The molecule has 5 aromatic rings. The van der Waals surface area contributed by atoms with Crippen molar-refractivity contribution in [1.82, 2.24) is 24.5 Å². The van der Waals surface area contributed by atoms with Gasteiger partial charge in [-0.25, -0.2) is 15.0 Å². The molecular formula is C24H22N6O. The van der Waals surface area contributed by atoms with Crippen molar-refractivity contribution >= 4 is 27.8 Å². The van der Waals surface area contributed by atoms with Gasteiger partial charge in [-0.1, -0.05) is 43.3 Å². The van der Waals surface area contributed by atoms with Gasteiger partial charge in [0, 0.05) is 11.4 Å². The molecule has 0 saturated heterocycles. The Hall–Kier alpha value is -4.00. The van der Waals surface area contributed by atoms with Gasteiger partial charge in [0.2, 0.25) is 0 Å². The Morgan fingerprint density at radius 3 is 2.71 bits per heavy atom. The van der Waals surface area contributed by atoms with E-state index in [1.165, 1.54) is 6.33 Å². The number of imidazole rings is 1. The maximum Gasteiger partial charge on any atom is 0.263 e. The highest BCUT2D eigenvalue weighted by atomic mass is 16.1. The molecule has 154 valence electrons. The van der Waals surface area contributed by atoms with Crippen LogP contribution in [0, 0.1) is 6.92 Å². The van der Waals surface area contributed by atoms with Gasteiger partial charge in [-0.05, 0) is 42.5 Å². The third kappa shape index (κ3) is 3.24. The number of anilines is 1. The molecule has 0 spiro atoms. The van der Waals surface area contributed by atoms with E-state index >= 15 is 0 Å². The summed E-state index contributed by atoms with van der Waals surface area (Å²) in [6, 6.07) is 17.7. The van der Waals surface area contributed by atoms with Crippen LogP contribution in [0.1, 0.15) is 30.6 Å². The Morgan fingerprint density at radius 2 is 1.90 bits per heavy atom. The number of benzene rings is 2. The third-order valence-corrected chi connectivity index (χ3v) is 5.60. The van der Waals surface area contributed by atoms with Crippen molar-refractivity contribution in [2.75, 3.05) is 5.32 Å². The fourth-order valence-corrected chi connectivity index (χ4v) is 4.08. The van der Waals surface area contributed by atoms with Crippen LogP contribution in [0.2, 0.25) is 0 Å². The van der Waals surface area contributed by atoms with E-state index < -0.39 is 0 Å². The molecule has 2 aromatic carbocycles. The molecule has 31 heavy (non-hydrogen) atoms. The molecule has 7 heteroatoms. The number of aromatic amines is 1. The molecule has 0 unspecified atom stereocenters. The standard InChI is InChI=1S/C24H22N6O/c1-3-18(29-23-21-22(26-13-25-21)27-14-28-23)19-12-16-9-7-8-15(2)20(16)24(31)30(19)17-10-5-4-6-11-17/h4-14,18H,3H2,1-2H3,(H2,25,26,27,28,29)/t18-/m0/s1. The molecule has 7 nitrogen and oxygen atoms in total. The van der Waals surface area contributed by atoms with Crippen molar-refractivity contribution in [2.24, 2.45) is 0 Å². The molecular weight excluding hydrogens is 388 g/mol. The van der Waals surface area contributed by atoms with Crippen LogP contribution in [-0.4, -0.2) is 24.5 Å². The molecule has 2 N–H and O–H groups in total. The minimum atomic E-state index is -0.154. The zero-order valence-electron chi connectivity index (χ0n) is 17.3. The summed E-state index contributed by atoms with van der Waals surface area (Å²) < 4.78 is 1.81. The highest BCUT2D eigenvalue weighted by Crippen LogP contribution is 2.28.